The maximum atomic E-state index is 12.9. The van der Waals surface area contributed by atoms with E-state index in [-0.39, 0.29) is 18.0 Å². The van der Waals surface area contributed by atoms with E-state index in [2.05, 4.69) is 18.8 Å². The first-order chi connectivity index (χ1) is 12.1. The van der Waals surface area contributed by atoms with Gasteiger partial charge in [-0.1, -0.05) is 13.3 Å². The van der Waals surface area contributed by atoms with Gasteiger partial charge in [-0.05, 0) is 43.5 Å². The van der Waals surface area contributed by atoms with Gasteiger partial charge in [-0.25, -0.2) is 9.37 Å². The third-order valence-corrected chi connectivity index (χ3v) is 5.76. The second-order valence-electron chi connectivity index (χ2n) is 6.50. The number of rotatable bonds is 5. The molecule has 2 unspecified atom stereocenters. The van der Waals surface area contributed by atoms with E-state index in [1.165, 1.54) is 23.1 Å². The maximum absolute atomic E-state index is 12.9. The Hall–Kier alpha value is -2.21. The molecule has 1 saturated carbocycles. The molecule has 1 fully saturated rings. The van der Waals surface area contributed by atoms with E-state index >= 15 is 0 Å². The van der Waals surface area contributed by atoms with E-state index in [9.17, 15) is 9.18 Å². The number of benzene rings is 1. The number of fused-ring (bicyclic) bond motifs is 1. The first-order valence-electron chi connectivity index (χ1n) is 8.47. The smallest absolute Gasteiger partial charge is 0.259 e. The zero-order chi connectivity index (χ0) is 17.6. The first-order valence-corrected chi connectivity index (χ1v) is 9.28. The third-order valence-electron chi connectivity index (χ3n) is 4.79. The summed E-state index contributed by atoms with van der Waals surface area (Å²) in [6.07, 6.45) is 2.30. The van der Waals surface area contributed by atoms with Crippen molar-refractivity contribution in [2.75, 3.05) is 0 Å². The van der Waals surface area contributed by atoms with Gasteiger partial charge in [-0.15, -0.1) is 11.3 Å². The highest BCUT2D eigenvalue weighted by Gasteiger charge is 2.40. The summed E-state index contributed by atoms with van der Waals surface area (Å²) < 4.78 is 20.3. The minimum Gasteiger partial charge on any atom is -0.487 e. The van der Waals surface area contributed by atoms with Gasteiger partial charge >= 0.3 is 0 Å². The summed E-state index contributed by atoms with van der Waals surface area (Å²) >= 11 is 1.56. The topological polar surface area (TPSA) is 43.6 Å². The Morgan fingerprint density at radius 1 is 1.36 bits per heavy atom. The second kappa shape index (κ2) is 6.26. The number of hydrogen-bond donors (Lipinski definition) is 0. The molecule has 1 aliphatic rings. The zero-order valence-corrected chi connectivity index (χ0v) is 15.0. The van der Waals surface area contributed by atoms with Crippen molar-refractivity contribution in [3.8, 4) is 5.75 Å². The van der Waals surface area contributed by atoms with Crippen molar-refractivity contribution < 1.29 is 9.13 Å². The molecular formula is C19H19FN2O2S. The van der Waals surface area contributed by atoms with Gasteiger partial charge in [-0.3, -0.25) is 9.20 Å². The van der Waals surface area contributed by atoms with Crippen LogP contribution in [0.4, 0.5) is 4.39 Å². The number of aryl methyl sites for hydroxylation is 1. The number of hydrogen-bond acceptors (Lipinski definition) is 4. The van der Waals surface area contributed by atoms with Gasteiger partial charge in [-0.2, -0.15) is 0 Å². The molecular weight excluding hydrogens is 339 g/mol. The third kappa shape index (κ3) is 3.06. The summed E-state index contributed by atoms with van der Waals surface area (Å²) in [4.78, 5) is 19.1. The lowest BCUT2D eigenvalue weighted by atomic mass is 10.2. The Kier molecular flexibility index (Phi) is 4.07. The summed E-state index contributed by atoms with van der Waals surface area (Å²) in [5.41, 5.74) is 1.67. The molecule has 0 radical (unpaired) electrons. The number of halogens is 1. The quantitative estimate of drug-likeness (QED) is 0.683. The Morgan fingerprint density at radius 2 is 2.12 bits per heavy atom. The van der Waals surface area contributed by atoms with Crippen LogP contribution >= 0.6 is 11.3 Å². The highest BCUT2D eigenvalue weighted by molar-refractivity contribution is 7.17. The molecule has 0 saturated heterocycles. The molecule has 0 spiro atoms. The Bertz CT molecular complexity index is 977. The van der Waals surface area contributed by atoms with Crippen molar-refractivity contribution in [3.63, 3.8) is 0 Å². The van der Waals surface area contributed by atoms with Gasteiger partial charge in [0, 0.05) is 22.6 Å². The van der Waals surface area contributed by atoms with E-state index in [4.69, 9.17) is 4.74 Å². The molecule has 2 heterocycles. The van der Waals surface area contributed by atoms with E-state index in [1.54, 1.807) is 27.9 Å². The van der Waals surface area contributed by atoms with Crippen molar-refractivity contribution in [2.24, 2.45) is 5.92 Å². The van der Waals surface area contributed by atoms with Crippen molar-refractivity contribution in [3.05, 3.63) is 62.8 Å². The largest absolute Gasteiger partial charge is 0.487 e. The molecule has 0 amide bonds. The fourth-order valence-corrected chi connectivity index (χ4v) is 4.43. The van der Waals surface area contributed by atoms with Crippen molar-refractivity contribution in [2.45, 2.75) is 39.2 Å². The molecule has 0 N–H and O–H groups in total. The normalized spacial score (nSPS) is 19.3. The molecule has 6 heteroatoms. The average Bonchev–Trinajstić information content (AvgIpc) is 3.29. The van der Waals surface area contributed by atoms with Crippen LogP contribution in [0.2, 0.25) is 0 Å². The van der Waals surface area contributed by atoms with E-state index in [0.29, 0.717) is 23.3 Å². The second-order valence-corrected chi connectivity index (χ2v) is 7.68. The summed E-state index contributed by atoms with van der Waals surface area (Å²) in [7, 11) is 0. The molecule has 1 aliphatic carbocycles. The van der Waals surface area contributed by atoms with Crippen molar-refractivity contribution in [1.82, 2.24) is 9.38 Å². The van der Waals surface area contributed by atoms with Crippen LogP contribution in [0.15, 0.2) is 35.1 Å². The summed E-state index contributed by atoms with van der Waals surface area (Å²) in [6.45, 7) is 4.44. The van der Waals surface area contributed by atoms with E-state index in [0.717, 1.165) is 23.5 Å². The van der Waals surface area contributed by atoms with Crippen LogP contribution in [0.3, 0.4) is 0 Å². The van der Waals surface area contributed by atoms with Crippen LogP contribution in [-0.4, -0.2) is 9.38 Å². The van der Waals surface area contributed by atoms with Crippen LogP contribution in [0, 0.1) is 18.7 Å². The standard InChI is InChI=1S/C19H19FN2O2S/c1-3-12-8-16(12)18-11(2)25-19-21-14(9-17(23)22(18)19)10-24-15-6-4-13(20)5-7-15/h4-7,9,12,16H,3,8,10H2,1-2H3. The molecule has 1 aromatic carbocycles. The number of ether oxygens (including phenoxy) is 1. The van der Waals surface area contributed by atoms with Crippen molar-refractivity contribution in [1.29, 1.82) is 0 Å². The van der Waals surface area contributed by atoms with Crippen LogP contribution in [0.1, 0.15) is 41.9 Å². The number of aromatic nitrogens is 2. The summed E-state index contributed by atoms with van der Waals surface area (Å²) in [6, 6.07) is 7.35. The minimum atomic E-state index is -0.308. The molecule has 2 atom stereocenters. The van der Waals surface area contributed by atoms with E-state index < -0.39 is 0 Å². The lowest BCUT2D eigenvalue weighted by Crippen LogP contribution is -2.17. The molecule has 0 aliphatic heterocycles. The average molecular weight is 358 g/mol. The van der Waals surface area contributed by atoms with Gasteiger partial charge in [0.05, 0.1) is 5.69 Å². The number of nitrogens with zero attached hydrogens (tertiary/aromatic N) is 2. The molecule has 0 bridgehead atoms. The Labute approximate surface area is 148 Å². The monoisotopic (exact) mass is 358 g/mol. The fraction of sp³-hybridized carbons (Fsp3) is 0.368. The molecule has 130 valence electrons. The molecule has 2 aromatic heterocycles. The van der Waals surface area contributed by atoms with Crippen LogP contribution < -0.4 is 10.3 Å². The van der Waals surface area contributed by atoms with Gasteiger partial charge in [0.15, 0.2) is 4.96 Å². The van der Waals surface area contributed by atoms with Crippen LogP contribution in [0.5, 0.6) is 5.75 Å². The molecule has 4 rings (SSSR count). The molecule has 25 heavy (non-hydrogen) atoms. The fourth-order valence-electron chi connectivity index (χ4n) is 3.37. The minimum absolute atomic E-state index is 0.0520. The van der Waals surface area contributed by atoms with Crippen LogP contribution in [0.25, 0.3) is 4.96 Å². The SMILES string of the molecule is CCC1CC1c1c(C)sc2nc(COc3ccc(F)cc3)cc(=O)n12. The zero-order valence-electron chi connectivity index (χ0n) is 14.2. The first kappa shape index (κ1) is 16.3. The number of thiazole rings is 1. The maximum Gasteiger partial charge on any atom is 0.259 e. The van der Waals surface area contributed by atoms with Gasteiger partial charge in [0.2, 0.25) is 0 Å². The van der Waals surface area contributed by atoms with E-state index in [1.807, 2.05) is 0 Å². The predicted octanol–water partition coefficient (Wildman–Crippen LogP) is 4.30. The molecule has 4 nitrogen and oxygen atoms in total. The Morgan fingerprint density at radius 3 is 2.80 bits per heavy atom. The van der Waals surface area contributed by atoms with Gasteiger partial charge < -0.3 is 4.74 Å². The highest BCUT2D eigenvalue weighted by atomic mass is 32.1. The van der Waals surface area contributed by atoms with Gasteiger partial charge in [0.1, 0.15) is 18.2 Å². The molecule has 3 aromatic rings. The summed E-state index contributed by atoms with van der Waals surface area (Å²) in [5, 5.41) is 0. The summed E-state index contributed by atoms with van der Waals surface area (Å²) in [5.74, 6) is 1.41. The lowest BCUT2D eigenvalue weighted by Gasteiger charge is -2.06. The van der Waals surface area contributed by atoms with Crippen molar-refractivity contribution >= 4 is 16.3 Å². The Balaban J connectivity index is 1.62. The lowest BCUT2D eigenvalue weighted by molar-refractivity contribution is 0.301. The highest BCUT2D eigenvalue weighted by Crippen LogP contribution is 2.51. The van der Waals surface area contributed by atoms with Gasteiger partial charge in [0.25, 0.3) is 5.56 Å². The van der Waals surface area contributed by atoms with Crippen LogP contribution in [-0.2, 0) is 6.61 Å². The predicted molar refractivity (Wildman–Crippen MR) is 95.9 cm³/mol.